The van der Waals surface area contributed by atoms with Crippen molar-refractivity contribution >= 4 is 0 Å². The van der Waals surface area contributed by atoms with Crippen molar-refractivity contribution in [3.8, 4) is 11.5 Å². The maximum absolute atomic E-state index is 9.85. The van der Waals surface area contributed by atoms with Gasteiger partial charge in [0.25, 0.3) is 0 Å². The lowest BCUT2D eigenvalue weighted by Gasteiger charge is -2.37. The van der Waals surface area contributed by atoms with Gasteiger partial charge in [-0.3, -0.25) is 4.90 Å². The summed E-state index contributed by atoms with van der Waals surface area (Å²) in [6.45, 7) is 1.60. The average molecular weight is 278 g/mol. The van der Waals surface area contributed by atoms with Crippen LogP contribution in [-0.4, -0.2) is 36.8 Å². The Morgan fingerprint density at radius 2 is 2.10 bits per heavy atom. The van der Waals surface area contributed by atoms with E-state index in [1.54, 1.807) is 13.2 Å². The molecule has 0 saturated heterocycles. The van der Waals surface area contributed by atoms with Gasteiger partial charge in [0.15, 0.2) is 11.5 Å². The van der Waals surface area contributed by atoms with Gasteiger partial charge in [0.1, 0.15) is 0 Å². The Morgan fingerprint density at radius 3 is 2.75 bits per heavy atom. The normalized spacial score (nSPS) is 23.0. The van der Waals surface area contributed by atoms with Crippen molar-refractivity contribution in [1.82, 2.24) is 4.90 Å². The maximum atomic E-state index is 9.85. The summed E-state index contributed by atoms with van der Waals surface area (Å²) in [5.41, 5.74) is 7.01. The molecular weight excluding hydrogens is 252 g/mol. The van der Waals surface area contributed by atoms with Crippen LogP contribution in [-0.2, 0) is 6.54 Å². The highest BCUT2D eigenvalue weighted by atomic mass is 16.5. The van der Waals surface area contributed by atoms with Crippen molar-refractivity contribution in [3.05, 3.63) is 23.8 Å². The van der Waals surface area contributed by atoms with Crippen LogP contribution in [0.4, 0.5) is 0 Å². The van der Waals surface area contributed by atoms with E-state index < -0.39 is 0 Å². The second-order valence-corrected chi connectivity index (χ2v) is 5.77. The molecule has 2 unspecified atom stereocenters. The third-order valence-electron chi connectivity index (χ3n) is 4.41. The van der Waals surface area contributed by atoms with Crippen LogP contribution in [0, 0.1) is 5.92 Å². The van der Waals surface area contributed by atoms with Gasteiger partial charge < -0.3 is 15.6 Å². The number of phenolic OH excluding ortho intramolecular Hbond substituents is 1. The molecule has 2 rings (SSSR count). The van der Waals surface area contributed by atoms with Crippen molar-refractivity contribution < 1.29 is 9.84 Å². The molecule has 0 aromatic heterocycles. The van der Waals surface area contributed by atoms with E-state index in [4.69, 9.17) is 10.5 Å². The molecule has 0 radical (unpaired) electrons. The zero-order valence-corrected chi connectivity index (χ0v) is 12.5. The van der Waals surface area contributed by atoms with E-state index in [9.17, 15) is 5.11 Å². The predicted molar refractivity (Wildman–Crippen MR) is 80.9 cm³/mol. The van der Waals surface area contributed by atoms with Crippen LogP contribution in [0.5, 0.6) is 11.5 Å². The molecular formula is C16H26N2O2. The lowest BCUT2D eigenvalue weighted by atomic mass is 9.83. The summed E-state index contributed by atoms with van der Waals surface area (Å²) in [6, 6.07) is 6.17. The molecule has 112 valence electrons. The molecule has 4 nitrogen and oxygen atoms in total. The molecule has 1 fully saturated rings. The summed E-state index contributed by atoms with van der Waals surface area (Å²) in [6.07, 6.45) is 5.05. The van der Waals surface area contributed by atoms with Crippen molar-refractivity contribution in [2.75, 3.05) is 20.7 Å². The number of rotatable bonds is 5. The Kier molecular flexibility index (Phi) is 5.26. The fourth-order valence-electron chi connectivity index (χ4n) is 3.28. The quantitative estimate of drug-likeness (QED) is 0.868. The SMILES string of the molecule is COc1ccc(CN(C)C2CCCCC2CN)cc1O. The van der Waals surface area contributed by atoms with Crippen molar-refractivity contribution in [1.29, 1.82) is 0 Å². The van der Waals surface area contributed by atoms with Gasteiger partial charge in [-0.25, -0.2) is 0 Å². The topological polar surface area (TPSA) is 58.7 Å². The minimum absolute atomic E-state index is 0.206. The first-order valence-corrected chi connectivity index (χ1v) is 7.42. The number of ether oxygens (including phenoxy) is 1. The molecule has 0 amide bonds. The van der Waals surface area contributed by atoms with Gasteiger partial charge in [0.2, 0.25) is 0 Å². The molecule has 0 aliphatic heterocycles. The Bertz CT molecular complexity index is 436. The number of nitrogens with zero attached hydrogens (tertiary/aromatic N) is 1. The van der Waals surface area contributed by atoms with Crippen molar-refractivity contribution in [2.45, 2.75) is 38.3 Å². The summed E-state index contributed by atoms with van der Waals surface area (Å²) < 4.78 is 5.08. The predicted octanol–water partition coefficient (Wildman–Crippen LogP) is 2.35. The van der Waals surface area contributed by atoms with E-state index in [-0.39, 0.29) is 5.75 Å². The molecule has 0 spiro atoms. The number of methoxy groups -OCH3 is 1. The van der Waals surface area contributed by atoms with E-state index in [0.717, 1.165) is 18.7 Å². The molecule has 1 aliphatic carbocycles. The zero-order chi connectivity index (χ0) is 14.5. The lowest BCUT2D eigenvalue weighted by Crippen LogP contribution is -2.42. The van der Waals surface area contributed by atoms with Crippen molar-refractivity contribution in [2.24, 2.45) is 11.7 Å². The largest absolute Gasteiger partial charge is 0.504 e. The number of aromatic hydroxyl groups is 1. The molecule has 4 heteroatoms. The average Bonchev–Trinajstić information content (AvgIpc) is 2.47. The number of hydrogen-bond donors (Lipinski definition) is 2. The van der Waals surface area contributed by atoms with Gasteiger partial charge in [-0.2, -0.15) is 0 Å². The fourth-order valence-corrected chi connectivity index (χ4v) is 3.28. The summed E-state index contributed by atoms with van der Waals surface area (Å²) in [7, 11) is 3.72. The summed E-state index contributed by atoms with van der Waals surface area (Å²) >= 11 is 0. The molecule has 3 N–H and O–H groups in total. The third-order valence-corrected chi connectivity index (χ3v) is 4.41. The standard InChI is InChI=1S/C16H26N2O2/c1-18(14-6-4-3-5-13(14)10-17)11-12-7-8-16(20-2)15(19)9-12/h7-9,13-14,19H,3-6,10-11,17H2,1-2H3. The van der Waals surface area contributed by atoms with Gasteiger partial charge in [0.05, 0.1) is 7.11 Å². The molecule has 1 saturated carbocycles. The summed E-state index contributed by atoms with van der Waals surface area (Å²) in [4.78, 5) is 2.37. The molecule has 0 heterocycles. The van der Waals surface area contributed by atoms with Crippen LogP contribution in [0.25, 0.3) is 0 Å². The van der Waals surface area contributed by atoms with Crippen LogP contribution in [0.3, 0.4) is 0 Å². The Balaban J connectivity index is 2.03. The molecule has 1 aliphatic rings. The second-order valence-electron chi connectivity index (χ2n) is 5.77. The first-order valence-electron chi connectivity index (χ1n) is 7.42. The van der Waals surface area contributed by atoms with Gasteiger partial charge >= 0.3 is 0 Å². The maximum Gasteiger partial charge on any atom is 0.160 e. The van der Waals surface area contributed by atoms with Crippen LogP contribution < -0.4 is 10.5 Å². The number of hydrogen-bond acceptors (Lipinski definition) is 4. The first kappa shape index (κ1) is 15.1. The molecule has 2 atom stereocenters. The second kappa shape index (κ2) is 6.95. The zero-order valence-electron chi connectivity index (χ0n) is 12.5. The highest BCUT2D eigenvalue weighted by molar-refractivity contribution is 5.41. The van der Waals surface area contributed by atoms with E-state index in [2.05, 4.69) is 11.9 Å². The van der Waals surface area contributed by atoms with Gasteiger partial charge in [-0.1, -0.05) is 18.9 Å². The Labute approximate surface area is 121 Å². The number of benzene rings is 1. The Morgan fingerprint density at radius 1 is 1.35 bits per heavy atom. The van der Waals surface area contributed by atoms with Gasteiger partial charge in [0, 0.05) is 12.6 Å². The smallest absolute Gasteiger partial charge is 0.160 e. The number of nitrogens with two attached hydrogens (primary N) is 1. The minimum atomic E-state index is 0.206. The third kappa shape index (κ3) is 3.44. The first-order chi connectivity index (χ1) is 9.65. The van der Waals surface area contributed by atoms with E-state index in [0.29, 0.717) is 17.7 Å². The van der Waals surface area contributed by atoms with E-state index in [1.807, 2.05) is 12.1 Å². The monoisotopic (exact) mass is 278 g/mol. The van der Waals surface area contributed by atoms with Crippen LogP contribution in [0.1, 0.15) is 31.2 Å². The lowest BCUT2D eigenvalue weighted by molar-refractivity contribution is 0.127. The van der Waals surface area contributed by atoms with E-state index in [1.165, 1.54) is 25.7 Å². The summed E-state index contributed by atoms with van der Waals surface area (Å²) in [5, 5.41) is 9.85. The Hall–Kier alpha value is -1.26. The van der Waals surface area contributed by atoms with Gasteiger partial charge in [-0.15, -0.1) is 0 Å². The number of phenols is 1. The van der Waals surface area contributed by atoms with Crippen LogP contribution in [0.2, 0.25) is 0 Å². The molecule has 20 heavy (non-hydrogen) atoms. The van der Waals surface area contributed by atoms with Crippen LogP contribution >= 0.6 is 0 Å². The molecule has 0 bridgehead atoms. The highest BCUT2D eigenvalue weighted by Gasteiger charge is 2.27. The molecule has 1 aromatic rings. The molecule has 1 aromatic carbocycles. The van der Waals surface area contributed by atoms with Gasteiger partial charge in [-0.05, 0) is 50.0 Å². The van der Waals surface area contributed by atoms with E-state index >= 15 is 0 Å². The summed E-state index contributed by atoms with van der Waals surface area (Å²) in [5.74, 6) is 1.33. The fraction of sp³-hybridized carbons (Fsp3) is 0.625. The van der Waals surface area contributed by atoms with Crippen LogP contribution in [0.15, 0.2) is 18.2 Å². The highest BCUT2D eigenvalue weighted by Crippen LogP contribution is 2.30. The van der Waals surface area contributed by atoms with Crippen molar-refractivity contribution in [3.63, 3.8) is 0 Å². The minimum Gasteiger partial charge on any atom is -0.504 e.